The quantitative estimate of drug-likeness (QED) is 0.867. The first-order chi connectivity index (χ1) is 8.38. The largest absolute Gasteiger partial charge is 0.396 e. The Hall–Kier alpha value is -0.860. The highest BCUT2D eigenvalue weighted by Gasteiger charge is 2.16. The maximum atomic E-state index is 9.37. The molecule has 1 aromatic carbocycles. The van der Waals surface area contributed by atoms with E-state index in [1.165, 1.54) is 37.8 Å². The van der Waals surface area contributed by atoms with Gasteiger partial charge in [-0.3, -0.25) is 4.90 Å². The summed E-state index contributed by atoms with van der Waals surface area (Å²) in [5.41, 5.74) is 1.38. The third-order valence-corrected chi connectivity index (χ3v) is 3.61. The van der Waals surface area contributed by atoms with E-state index in [2.05, 4.69) is 35.2 Å². The molecule has 0 aromatic heterocycles. The molecule has 1 aliphatic rings. The highest BCUT2D eigenvalue weighted by Crippen LogP contribution is 2.17. The van der Waals surface area contributed by atoms with Gasteiger partial charge in [0.15, 0.2) is 0 Å². The van der Waals surface area contributed by atoms with E-state index in [0.717, 1.165) is 13.1 Å². The van der Waals surface area contributed by atoms with Crippen molar-refractivity contribution in [3.05, 3.63) is 35.9 Å². The van der Waals surface area contributed by atoms with Gasteiger partial charge in [-0.1, -0.05) is 43.2 Å². The molecule has 0 saturated carbocycles. The molecule has 17 heavy (non-hydrogen) atoms. The predicted octanol–water partition coefficient (Wildman–Crippen LogP) is 2.67. The molecule has 1 aromatic rings. The van der Waals surface area contributed by atoms with E-state index >= 15 is 0 Å². The Labute approximate surface area is 104 Å². The normalized spacial score (nSPS) is 23.0. The Kier molecular flexibility index (Phi) is 5.02. The van der Waals surface area contributed by atoms with Crippen LogP contribution in [0.4, 0.5) is 0 Å². The van der Waals surface area contributed by atoms with Crippen LogP contribution in [0.3, 0.4) is 0 Å². The third kappa shape index (κ3) is 4.14. The van der Waals surface area contributed by atoms with Crippen molar-refractivity contribution < 1.29 is 5.11 Å². The van der Waals surface area contributed by atoms with Crippen LogP contribution in [0.25, 0.3) is 0 Å². The van der Waals surface area contributed by atoms with Gasteiger partial charge in [-0.05, 0) is 30.9 Å². The lowest BCUT2D eigenvalue weighted by molar-refractivity contribution is 0.138. The van der Waals surface area contributed by atoms with Crippen molar-refractivity contribution in [2.45, 2.75) is 32.2 Å². The molecule has 0 radical (unpaired) electrons. The first-order valence-corrected chi connectivity index (χ1v) is 6.75. The summed E-state index contributed by atoms with van der Waals surface area (Å²) in [5.74, 6) is 0.471. The minimum atomic E-state index is 0.339. The maximum Gasteiger partial charge on any atom is 0.0471 e. The van der Waals surface area contributed by atoms with E-state index < -0.39 is 0 Å². The molecule has 1 unspecified atom stereocenters. The van der Waals surface area contributed by atoms with Gasteiger partial charge in [-0.2, -0.15) is 0 Å². The second kappa shape index (κ2) is 6.77. The van der Waals surface area contributed by atoms with Crippen LogP contribution in [-0.2, 0) is 6.54 Å². The SMILES string of the molecule is OCC1CCCCCN(Cc2ccccc2)C1. The van der Waals surface area contributed by atoms with Crippen LogP contribution in [0.1, 0.15) is 31.2 Å². The molecular weight excluding hydrogens is 210 g/mol. The predicted molar refractivity (Wildman–Crippen MR) is 70.8 cm³/mol. The summed E-state index contributed by atoms with van der Waals surface area (Å²) in [7, 11) is 0. The third-order valence-electron chi connectivity index (χ3n) is 3.61. The zero-order valence-electron chi connectivity index (χ0n) is 10.5. The fourth-order valence-electron chi connectivity index (χ4n) is 2.63. The van der Waals surface area contributed by atoms with Gasteiger partial charge >= 0.3 is 0 Å². The van der Waals surface area contributed by atoms with Crippen LogP contribution < -0.4 is 0 Å². The number of hydrogen-bond donors (Lipinski definition) is 1. The summed E-state index contributed by atoms with van der Waals surface area (Å²) in [6, 6.07) is 10.6. The molecule has 1 aliphatic heterocycles. The van der Waals surface area contributed by atoms with Gasteiger partial charge in [0.1, 0.15) is 0 Å². The van der Waals surface area contributed by atoms with E-state index in [4.69, 9.17) is 0 Å². The first kappa shape index (κ1) is 12.6. The molecule has 2 rings (SSSR count). The van der Waals surface area contributed by atoms with E-state index in [-0.39, 0.29) is 0 Å². The van der Waals surface area contributed by atoms with E-state index in [0.29, 0.717) is 12.5 Å². The number of likely N-dealkylation sites (tertiary alicyclic amines) is 1. The van der Waals surface area contributed by atoms with Gasteiger partial charge in [0.2, 0.25) is 0 Å². The van der Waals surface area contributed by atoms with Gasteiger partial charge in [0.25, 0.3) is 0 Å². The van der Waals surface area contributed by atoms with Crippen molar-refractivity contribution in [2.75, 3.05) is 19.7 Å². The second-order valence-electron chi connectivity index (χ2n) is 5.12. The Balaban J connectivity index is 1.93. The molecule has 2 heteroatoms. The minimum Gasteiger partial charge on any atom is -0.396 e. The smallest absolute Gasteiger partial charge is 0.0471 e. The molecule has 94 valence electrons. The number of rotatable bonds is 3. The lowest BCUT2D eigenvalue weighted by Gasteiger charge is -2.29. The van der Waals surface area contributed by atoms with Crippen LogP contribution in [0.15, 0.2) is 30.3 Å². The van der Waals surface area contributed by atoms with Gasteiger partial charge in [-0.25, -0.2) is 0 Å². The van der Waals surface area contributed by atoms with E-state index in [9.17, 15) is 5.11 Å². The van der Waals surface area contributed by atoms with Crippen LogP contribution in [-0.4, -0.2) is 29.7 Å². The molecule has 0 spiro atoms. The maximum absolute atomic E-state index is 9.37. The van der Waals surface area contributed by atoms with Crippen molar-refractivity contribution in [3.8, 4) is 0 Å². The molecule has 1 saturated heterocycles. The molecule has 0 amide bonds. The first-order valence-electron chi connectivity index (χ1n) is 6.75. The van der Waals surface area contributed by atoms with Crippen LogP contribution >= 0.6 is 0 Å². The van der Waals surface area contributed by atoms with Crippen molar-refractivity contribution in [2.24, 2.45) is 5.92 Å². The van der Waals surface area contributed by atoms with Crippen LogP contribution in [0, 0.1) is 5.92 Å². The molecule has 0 aliphatic carbocycles. The Morgan fingerprint density at radius 2 is 1.94 bits per heavy atom. The summed E-state index contributed by atoms with van der Waals surface area (Å²) >= 11 is 0. The van der Waals surface area contributed by atoms with Gasteiger partial charge in [0, 0.05) is 19.7 Å². The Morgan fingerprint density at radius 1 is 1.12 bits per heavy atom. The molecule has 1 fully saturated rings. The average Bonchev–Trinajstić information content (AvgIpc) is 2.34. The second-order valence-corrected chi connectivity index (χ2v) is 5.12. The van der Waals surface area contributed by atoms with Crippen molar-refractivity contribution in [1.82, 2.24) is 4.90 Å². The van der Waals surface area contributed by atoms with E-state index in [1.54, 1.807) is 0 Å². The average molecular weight is 233 g/mol. The fraction of sp³-hybridized carbons (Fsp3) is 0.600. The molecule has 1 atom stereocenters. The summed E-state index contributed by atoms with van der Waals surface area (Å²) < 4.78 is 0. The summed E-state index contributed by atoms with van der Waals surface area (Å²) in [6.45, 7) is 3.58. The topological polar surface area (TPSA) is 23.5 Å². The molecule has 2 nitrogen and oxygen atoms in total. The fourth-order valence-corrected chi connectivity index (χ4v) is 2.63. The molecule has 1 N–H and O–H groups in total. The lowest BCUT2D eigenvalue weighted by Crippen LogP contribution is -2.33. The van der Waals surface area contributed by atoms with Crippen molar-refractivity contribution >= 4 is 0 Å². The number of benzene rings is 1. The zero-order chi connectivity index (χ0) is 11.9. The summed E-state index contributed by atoms with van der Waals surface area (Å²) in [5, 5.41) is 9.37. The van der Waals surface area contributed by atoms with Crippen LogP contribution in [0.2, 0.25) is 0 Å². The lowest BCUT2D eigenvalue weighted by atomic mass is 9.98. The van der Waals surface area contributed by atoms with E-state index in [1.807, 2.05) is 0 Å². The monoisotopic (exact) mass is 233 g/mol. The highest BCUT2D eigenvalue weighted by molar-refractivity contribution is 5.14. The number of hydrogen-bond acceptors (Lipinski definition) is 2. The molecule has 0 bridgehead atoms. The Bertz CT molecular complexity index is 312. The van der Waals surface area contributed by atoms with Gasteiger partial charge in [0.05, 0.1) is 0 Å². The van der Waals surface area contributed by atoms with Gasteiger partial charge in [-0.15, -0.1) is 0 Å². The van der Waals surface area contributed by atoms with Crippen molar-refractivity contribution in [1.29, 1.82) is 0 Å². The minimum absolute atomic E-state index is 0.339. The highest BCUT2D eigenvalue weighted by atomic mass is 16.3. The van der Waals surface area contributed by atoms with Gasteiger partial charge < -0.3 is 5.11 Å². The Morgan fingerprint density at radius 3 is 2.71 bits per heavy atom. The standard InChI is InChI=1S/C15H23NO/c17-13-15-9-5-2-6-10-16(12-15)11-14-7-3-1-4-8-14/h1,3-4,7-8,15,17H,2,5-6,9-13H2. The van der Waals surface area contributed by atoms with Crippen LogP contribution in [0.5, 0.6) is 0 Å². The summed E-state index contributed by atoms with van der Waals surface area (Å²) in [6.07, 6.45) is 5.07. The summed E-state index contributed by atoms with van der Waals surface area (Å²) in [4.78, 5) is 2.50. The zero-order valence-corrected chi connectivity index (χ0v) is 10.5. The number of aliphatic hydroxyl groups is 1. The molecule has 1 heterocycles. The number of nitrogens with zero attached hydrogens (tertiary/aromatic N) is 1. The van der Waals surface area contributed by atoms with Crippen molar-refractivity contribution in [3.63, 3.8) is 0 Å². The molecular formula is C15H23NO. The number of aliphatic hydroxyl groups excluding tert-OH is 1.